The van der Waals surface area contributed by atoms with E-state index in [0.717, 1.165) is 6.42 Å². The van der Waals surface area contributed by atoms with Crippen molar-refractivity contribution in [3.05, 3.63) is 0 Å². The van der Waals surface area contributed by atoms with Gasteiger partial charge < -0.3 is 10.6 Å². The summed E-state index contributed by atoms with van der Waals surface area (Å²) in [7, 11) is 0. The Morgan fingerprint density at radius 3 is 2.40 bits per heavy atom. The van der Waals surface area contributed by atoms with Gasteiger partial charge in [-0.05, 0) is 12.8 Å². The van der Waals surface area contributed by atoms with Crippen molar-refractivity contribution in [2.24, 2.45) is 5.92 Å². The first-order valence-electron chi connectivity index (χ1n) is 4.98. The van der Waals surface area contributed by atoms with E-state index in [0.29, 0.717) is 5.92 Å². The Labute approximate surface area is 89.8 Å². The van der Waals surface area contributed by atoms with Crippen LogP contribution in [0.25, 0.3) is 0 Å². The van der Waals surface area contributed by atoms with Crippen molar-refractivity contribution >= 4 is 11.8 Å². The van der Waals surface area contributed by atoms with Gasteiger partial charge in [-0.25, -0.2) is 0 Å². The van der Waals surface area contributed by atoms with E-state index < -0.39 is 11.8 Å². The van der Waals surface area contributed by atoms with E-state index in [1.54, 1.807) is 6.07 Å². The minimum Gasteiger partial charge on any atom is -0.345 e. The SMILES string of the molecule is CCC(C)C(C)NC(=O)C(=O)NCC#N. The monoisotopic (exact) mass is 211 g/mol. The van der Waals surface area contributed by atoms with Crippen LogP contribution in [0.4, 0.5) is 0 Å². The lowest BCUT2D eigenvalue weighted by Gasteiger charge is -2.19. The van der Waals surface area contributed by atoms with E-state index in [1.807, 2.05) is 20.8 Å². The standard InChI is InChI=1S/C10H17N3O2/c1-4-7(2)8(3)13-10(15)9(14)12-6-5-11/h7-8H,4,6H2,1-3H3,(H,12,14)(H,13,15). The highest BCUT2D eigenvalue weighted by atomic mass is 16.2. The van der Waals surface area contributed by atoms with Crippen LogP contribution in [0.15, 0.2) is 0 Å². The van der Waals surface area contributed by atoms with Crippen molar-refractivity contribution in [1.29, 1.82) is 5.26 Å². The Bertz CT molecular complexity index is 270. The van der Waals surface area contributed by atoms with Gasteiger partial charge in [0.15, 0.2) is 0 Å². The Morgan fingerprint density at radius 2 is 1.93 bits per heavy atom. The van der Waals surface area contributed by atoms with Crippen molar-refractivity contribution in [3.63, 3.8) is 0 Å². The third kappa shape index (κ3) is 5.01. The summed E-state index contributed by atoms with van der Waals surface area (Å²) in [5.74, 6) is -1.12. The van der Waals surface area contributed by atoms with Crippen LogP contribution in [0.5, 0.6) is 0 Å². The highest BCUT2D eigenvalue weighted by Crippen LogP contribution is 2.05. The van der Waals surface area contributed by atoms with Gasteiger partial charge in [-0.2, -0.15) is 5.26 Å². The van der Waals surface area contributed by atoms with Crippen molar-refractivity contribution < 1.29 is 9.59 Å². The van der Waals surface area contributed by atoms with E-state index >= 15 is 0 Å². The molecule has 0 aromatic heterocycles. The van der Waals surface area contributed by atoms with Crippen LogP contribution in [0.1, 0.15) is 27.2 Å². The number of rotatable bonds is 4. The molecule has 0 saturated carbocycles. The predicted molar refractivity (Wildman–Crippen MR) is 55.7 cm³/mol. The molecule has 0 spiro atoms. The third-order valence-electron chi connectivity index (χ3n) is 2.39. The van der Waals surface area contributed by atoms with E-state index in [1.165, 1.54) is 0 Å². The highest BCUT2D eigenvalue weighted by Gasteiger charge is 2.18. The molecule has 15 heavy (non-hydrogen) atoms. The molecule has 0 heterocycles. The molecule has 0 saturated heterocycles. The van der Waals surface area contributed by atoms with Gasteiger partial charge in [0.25, 0.3) is 0 Å². The summed E-state index contributed by atoms with van der Waals surface area (Å²) < 4.78 is 0. The Balaban J connectivity index is 4.02. The number of hydrogen-bond donors (Lipinski definition) is 2. The summed E-state index contributed by atoms with van der Waals surface area (Å²) in [5, 5.41) is 13.0. The lowest BCUT2D eigenvalue weighted by molar-refractivity contribution is -0.139. The first-order chi connectivity index (χ1) is 7.02. The molecule has 0 aliphatic heterocycles. The second kappa shape index (κ2) is 6.82. The van der Waals surface area contributed by atoms with Gasteiger partial charge in [-0.1, -0.05) is 20.3 Å². The Kier molecular flexibility index (Phi) is 6.11. The lowest BCUT2D eigenvalue weighted by atomic mass is 10.0. The first kappa shape index (κ1) is 13.4. The van der Waals surface area contributed by atoms with Crippen LogP contribution in [0, 0.1) is 17.2 Å². The lowest BCUT2D eigenvalue weighted by Crippen LogP contribution is -2.45. The maximum Gasteiger partial charge on any atom is 0.310 e. The van der Waals surface area contributed by atoms with Gasteiger partial charge in [0.05, 0.1) is 6.07 Å². The Morgan fingerprint density at radius 1 is 1.33 bits per heavy atom. The molecule has 84 valence electrons. The smallest absolute Gasteiger partial charge is 0.310 e. The van der Waals surface area contributed by atoms with Gasteiger partial charge >= 0.3 is 11.8 Å². The molecule has 0 radical (unpaired) electrons. The topological polar surface area (TPSA) is 82.0 Å². The third-order valence-corrected chi connectivity index (χ3v) is 2.39. The molecule has 0 fully saturated rings. The molecule has 0 aliphatic carbocycles. The van der Waals surface area contributed by atoms with Crippen LogP contribution >= 0.6 is 0 Å². The first-order valence-corrected chi connectivity index (χ1v) is 4.98. The summed E-state index contributed by atoms with van der Waals surface area (Å²) in [5.41, 5.74) is 0. The number of nitrogens with one attached hydrogen (secondary N) is 2. The van der Waals surface area contributed by atoms with Crippen LogP contribution in [0.3, 0.4) is 0 Å². The second-order valence-electron chi connectivity index (χ2n) is 3.49. The van der Waals surface area contributed by atoms with Crippen molar-refractivity contribution in [2.75, 3.05) is 6.54 Å². The minimum absolute atomic E-state index is 0.0460. The van der Waals surface area contributed by atoms with E-state index in [4.69, 9.17) is 5.26 Å². The molecule has 0 aromatic carbocycles. The zero-order valence-corrected chi connectivity index (χ0v) is 9.33. The average molecular weight is 211 g/mol. The van der Waals surface area contributed by atoms with Gasteiger partial charge in [0, 0.05) is 6.04 Å². The maximum absolute atomic E-state index is 11.2. The normalized spacial score (nSPS) is 13.5. The second-order valence-corrected chi connectivity index (χ2v) is 3.49. The van der Waals surface area contributed by atoms with Gasteiger partial charge in [0.1, 0.15) is 6.54 Å². The fraction of sp³-hybridized carbons (Fsp3) is 0.700. The van der Waals surface area contributed by atoms with Crippen LogP contribution in [-0.2, 0) is 9.59 Å². The van der Waals surface area contributed by atoms with Crippen LogP contribution in [-0.4, -0.2) is 24.4 Å². The van der Waals surface area contributed by atoms with Crippen molar-refractivity contribution in [1.82, 2.24) is 10.6 Å². The number of carbonyl (C=O) groups is 2. The zero-order chi connectivity index (χ0) is 11.8. The molecular weight excluding hydrogens is 194 g/mol. The van der Waals surface area contributed by atoms with E-state index in [-0.39, 0.29) is 12.6 Å². The van der Waals surface area contributed by atoms with Crippen LogP contribution in [0.2, 0.25) is 0 Å². The molecule has 5 nitrogen and oxygen atoms in total. The number of amides is 2. The molecular formula is C10H17N3O2. The number of nitriles is 1. The quantitative estimate of drug-likeness (QED) is 0.514. The minimum atomic E-state index is -0.758. The fourth-order valence-corrected chi connectivity index (χ4v) is 0.968. The summed E-state index contributed by atoms with van der Waals surface area (Å²) in [6.45, 7) is 5.72. The molecule has 0 aromatic rings. The molecule has 2 unspecified atom stereocenters. The van der Waals surface area contributed by atoms with E-state index in [9.17, 15) is 9.59 Å². The van der Waals surface area contributed by atoms with E-state index in [2.05, 4.69) is 10.6 Å². The molecule has 0 aliphatic rings. The predicted octanol–water partition coefficient (Wildman–Crippen LogP) is 0.177. The number of hydrogen-bond acceptors (Lipinski definition) is 3. The Hall–Kier alpha value is -1.57. The van der Waals surface area contributed by atoms with Gasteiger partial charge in [-0.3, -0.25) is 9.59 Å². The maximum atomic E-state index is 11.2. The number of carbonyl (C=O) groups excluding carboxylic acids is 2. The number of nitrogens with zero attached hydrogens (tertiary/aromatic N) is 1. The summed E-state index contributed by atoms with van der Waals surface area (Å²) in [6, 6.07) is 1.68. The van der Waals surface area contributed by atoms with Crippen molar-refractivity contribution in [3.8, 4) is 6.07 Å². The molecule has 2 N–H and O–H groups in total. The summed E-state index contributed by atoms with van der Waals surface area (Å²) in [4.78, 5) is 22.3. The fourth-order valence-electron chi connectivity index (χ4n) is 0.968. The molecule has 0 rings (SSSR count). The summed E-state index contributed by atoms with van der Waals surface area (Å²) in [6.07, 6.45) is 0.932. The summed E-state index contributed by atoms with van der Waals surface area (Å²) >= 11 is 0. The highest BCUT2D eigenvalue weighted by molar-refractivity contribution is 6.35. The van der Waals surface area contributed by atoms with Crippen molar-refractivity contribution in [2.45, 2.75) is 33.2 Å². The molecule has 2 atom stereocenters. The molecule has 2 amide bonds. The molecule has 0 bridgehead atoms. The average Bonchev–Trinajstić information content (AvgIpc) is 2.24. The largest absolute Gasteiger partial charge is 0.345 e. The zero-order valence-electron chi connectivity index (χ0n) is 9.33. The van der Waals surface area contributed by atoms with Gasteiger partial charge in [-0.15, -0.1) is 0 Å². The van der Waals surface area contributed by atoms with Crippen LogP contribution < -0.4 is 10.6 Å². The van der Waals surface area contributed by atoms with Gasteiger partial charge in [0.2, 0.25) is 0 Å². The molecule has 5 heteroatoms.